The van der Waals surface area contributed by atoms with Gasteiger partial charge in [0.15, 0.2) is 0 Å². The summed E-state index contributed by atoms with van der Waals surface area (Å²) in [5, 5.41) is 2.71. The maximum Gasteiger partial charge on any atom is 0.438 e. The van der Waals surface area contributed by atoms with Crippen molar-refractivity contribution in [3.8, 4) is 0 Å². The number of hydrogen-bond acceptors (Lipinski definition) is 3. The number of halogens is 3. The average Bonchev–Trinajstić information content (AvgIpc) is 2.64. The summed E-state index contributed by atoms with van der Waals surface area (Å²) in [4.78, 5) is 29.4. The molecule has 0 aliphatic rings. The van der Waals surface area contributed by atoms with E-state index in [0.29, 0.717) is 5.69 Å². The summed E-state index contributed by atoms with van der Waals surface area (Å²) in [5.74, 6) is -0.566. The van der Waals surface area contributed by atoms with Gasteiger partial charge in [-0.05, 0) is 68.1 Å². The predicted molar refractivity (Wildman–Crippen MR) is 110 cm³/mol. The van der Waals surface area contributed by atoms with Crippen LogP contribution in [0.25, 0.3) is 11.0 Å². The van der Waals surface area contributed by atoms with Crippen LogP contribution in [0.2, 0.25) is 0 Å². The minimum absolute atomic E-state index is 0.0202. The quantitative estimate of drug-likeness (QED) is 0.655. The lowest BCUT2D eigenvalue weighted by Crippen LogP contribution is -2.37. The van der Waals surface area contributed by atoms with E-state index in [2.05, 4.69) is 10.3 Å². The highest BCUT2D eigenvalue weighted by Gasteiger charge is 2.38. The van der Waals surface area contributed by atoms with Gasteiger partial charge in [0, 0.05) is 5.69 Å². The largest absolute Gasteiger partial charge is 0.438 e. The zero-order valence-corrected chi connectivity index (χ0v) is 17.1. The normalized spacial score (nSPS) is 12.8. The molecule has 0 spiro atoms. The van der Waals surface area contributed by atoms with Crippen molar-refractivity contribution in [2.45, 2.75) is 46.3 Å². The molecule has 5 nitrogen and oxygen atoms in total. The van der Waals surface area contributed by atoms with Crippen molar-refractivity contribution < 1.29 is 18.0 Å². The van der Waals surface area contributed by atoms with Gasteiger partial charge < -0.3 is 5.32 Å². The molecule has 0 aliphatic carbocycles. The van der Waals surface area contributed by atoms with E-state index in [-0.39, 0.29) is 17.5 Å². The minimum atomic E-state index is -4.93. The summed E-state index contributed by atoms with van der Waals surface area (Å²) < 4.78 is 41.5. The first-order chi connectivity index (χ1) is 14.0. The molecule has 0 saturated carbocycles. The van der Waals surface area contributed by atoms with Crippen LogP contribution in [-0.4, -0.2) is 15.5 Å². The zero-order chi connectivity index (χ0) is 22.2. The molecular weight excluding hydrogens is 395 g/mol. The predicted octanol–water partition coefficient (Wildman–Crippen LogP) is 4.93. The van der Waals surface area contributed by atoms with Crippen molar-refractivity contribution in [2.75, 3.05) is 5.32 Å². The molecule has 1 amide bonds. The van der Waals surface area contributed by atoms with Crippen molar-refractivity contribution in [2.24, 2.45) is 0 Å². The van der Waals surface area contributed by atoms with Gasteiger partial charge in [-0.15, -0.1) is 0 Å². The van der Waals surface area contributed by atoms with Crippen LogP contribution in [0.5, 0.6) is 0 Å². The number of benzene rings is 2. The molecule has 3 rings (SSSR count). The average molecular weight is 417 g/mol. The van der Waals surface area contributed by atoms with Gasteiger partial charge in [-0.1, -0.05) is 19.1 Å². The molecule has 1 N–H and O–H groups in total. The van der Waals surface area contributed by atoms with E-state index in [1.54, 1.807) is 45.0 Å². The lowest BCUT2D eigenvalue weighted by atomic mass is 10.1. The number of aromatic nitrogens is 2. The Balaban J connectivity index is 2.22. The second-order valence-corrected chi connectivity index (χ2v) is 7.34. The fourth-order valence-corrected chi connectivity index (χ4v) is 3.39. The maximum absolute atomic E-state index is 13.5. The van der Waals surface area contributed by atoms with Gasteiger partial charge in [0.2, 0.25) is 11.6 Å². The first-order valence-electron chi connectivity index (χ1n) is 9.51. The summed E-state index contributed by atoms with van der Waals surface area (Å²) in [6.07, 6.45) is -4.81. The van der Waals surface area contributed by atoms with Gasteiger partial charge in [-0.3, -0.25) is 14.2 Å². The molecule has 0 fully saturated rings. The lowest BCUT2D eigenvalue weighted by Gasteiger charge is -2.22. The summed E-state index contributed by atoms with van der Waals surface area (Å²) in [6, 6.07) is 9.00. The third kappa shape index (κ3) is 4.08. The third-order valence-electron chi connectivity index (χ3n) is 5.06. The van der Waals surface area contributed by atoms with E-state index in [0.717, 1.165) is 21.3 Å². The van der Waals surface area contributed by atoms with E-state index in [1.807, 2.05) is 13.0 Å². The van der Waals surface area contributed by atoms with Gasteiger partial charge >= 0.3 is 6.18 Å². The van der Waals surface area contributed by atoms with Gasteiger partial charge in [0.25, 0.3) is 5.56 Å². The molecule has 3 aromatic rings. The maximum atomic E-state index is 13.5. The summed E-state index contributed by atoms with van der Waals surface area (Å²) in [7, 11) is 0. The second kappa shape index (κ2) is 7.93. The number of carbonyl (C=O) groups is 1. The molecule has 0 bridgehead atoms. The number of nitrogens with one attached hydrogen (secondary N) is 1. The Labute approximate surface area is 171 Å². The molecule has 1 atom stereocenters. The number of aryl methyl sites for hydroxylation is 3. The Bertz CT molecular complexity index is 1180. The molecule has 1 heterocycles. The number of amides is 1. The van der Waals surface area contributed by atoms with Crippen LogP contribution in [0.4, 0.5) is 18.9 Å². The third-order valence-corrected chi connectivity index (χ3v) is 5.06. The first kappa shape index (κ1) is 21.5. The Morgan fingerprint density at radius 3 is 2.40 bits per heavy atom. The minimum Gasteiger partial charge on any atom is -0.324 e. The number of alkyl halides is 3. The van der Waals surface area contributed by atoms with Crippen molar-refractivity contribution in [1.82, 2.24) is 9.55 Å². The molecule has 158 valence electrons. The number of anilines is 1. The van der Waals surface area contributed by atoms with Gasteiger partial charge in [0.1, 0.15) is 6.04 Å². The fraction of sp³-hybridized carbons (Fsp3) is 0.318. The van der Waals surface area contributed by atoms with E-state index >= 15 is 0 Å². The number of fused-ring (bicyclic) bond motifs is 1. The molecule has 0 aliphatic heterocycles. The van der Waals surface area contributed by atoms with Crippen molar-refractivity contribution in [3.05, 3.63) is 69.1 Å². The summed E-state index contributed by atoms with van der Waals surface area (Å²) in [6.45, 7) is 7.04. The highest BCUT2D eigenvalue weighted by Crippen LogP contribution is 2.29. The fourth-order valence-electron chi connectivity index (χ4n) is 3.39. The van der Waals surface area contributed by atoms with Crippen LogP contribution in [0.1, 0.15) is 41.8 Å². The molecule has 30 heavy (non-hydrogen) atoms. The molecule has 0 saturated heterocycles. The van der Waals surface area contributed by atoms with Crippen LogP contribution in [0, 0.1) is 20.8 Å². The van der Waals surface area contributed by atoms with Gasteiger partial charge in [0.05, 0.1) is 11.0 Å². The monoisotopic (exact) mass is 417 g/mol. The zero-order valence-electron chi connectivity index (χ0n) is 17.1. The number of rotatable bonds is 4. The number of hydrogen-bond donors (Lipinski definition) is 1. The van der Waals surface area contributed by atoms with Gasteiger partial charge in [-0.2, -0.15) is 13.2 Å². The Morgan fingerprint density at radius 2 is 1.80 bits per heavy atom. The highest BCUT2D eigenvalue weighted by atomic mass is 19.4. The topological polar surface area (TPSA) is 64.0 Å². The number of carbonyl (C=O) groups excluding carboxylic acids is 1. The second-order valence-electron chi connectivity index (χ2n) is 7.34. The van der Waals surface area contributed by atoms with Crippen molar-refractivity contribution >= 4 is 22.6 Å². The van der Waals surface area contributed by atoms with E-state index < -0.39 is 29.4 Å². The van der Waals surface area contributed by atoms with Crippen LogP contribution >= 0.6 is 0 Å². The van der Waals surface area contributed by atoms with E-state index in [1.165, 1.54) is 6.07 Å². The van der Waals surface area contributed by atoms with Crippen LogP contribution < -0.4 is 10.9 Å². The van der Waals surface area contributed by atoms with Crippen LogP contribution in [0.3, 0.4) is 0 Å². The first-order valence-corrected chi connectivity index (χ1v) is 9.51. The van der Waals surface area contributed by atoms with Crippen molar-refractivity contribution in [1.29, 1.82) is 0 Å². The smallest absolute Gasteiger partial charge is 0.324 e. The SMILES string of the molecule is CC[C@@H](C(=O)Nc1cccc(C)c1)n1c(=O)c(C(F)(F)F)nc2cc(C)c(C)cc21. The molecule has 2 aromatic carbocycles. The standard InChI is InChI=1S/C22H22F3N3O2/c1-5-17(20(29)26-15-8-6-7-12(2)9-15)28-18-11-14(4)13(3)10-16(18)27-19(21(28)30)22(23,24)25/h6-11,17H,5H2,1-4H3,(H,26,29)/t17-/m0/s1. The van der Waals surface area contributed by atoms with Gasteiger partial charge in [-0.25, -0.2) is 4.98 Å². The lowest BCUT2D eigenvalue weighted by molar-refractivity contribution is -0.142. The highest BCUT2D eigenvalue weighted by molar-refractivity contribution is 5.94. The summed E-state index contributed by atoms with van der Waals surface area (Å²) >= 11 is 0. The molecule has 8 heteroatoms. The van der Waals surface area contributed by atoms with Crippen molar-refractivity contribution in [3.63, 3.8) is 0 Å². The molecule has 0 radical (unpaired) electrons. The Kier molecular flexibility index (Phi) is 5.70. The number of nitrogens with zero attached hydrogens (tertiary/aromatic N) is 2. The van der Waals surface area contributed by atoms with Crippen LogP contribution in [-0.2, 0) is 11.0 Å². The van der Waals surface area contributed by atoms with E-state index in [9.17, 15) is 22.8 Å². The van der Waals surface area contributed by atoms with Crippen LogP contribution in [0.15, 0.2) is 41.2 Å². The summed E-state index contributed by atoms with van der Waals surface area (Å²) in [5.41, 5.74) is 0.307. The molecular formula is C22H22F3N3O2. The molecule has 0 unspecified atom stereocenters. The Hall–Kier alpha value is -3.16. The van der Waals surface area contributed by atoms with E-state index in [4.69, 9.17) is 0 Å². The Morgan fingerprint density at radius 1 is 1.13 bits per heavy atom. The molecule has 1 aromatic heterocycles.